The third-order valence-corrected chi connectivity index (χ3v) is 2.47. The zero-order valence-electron chi connectivity index (χ0n) is 9.41. The standard InChI is InChI=1S/C11H13NO5/c1-6(11(16)17)12(2)10(15)8-4-3-7(13)5-9(8)14/h3-6,13-14H,1-2H3,(H,16,17). The molecule has 0 aliphatic rings. The van der Waals surface area contributed by atoms with Crippen LogP contribution in [0.1, 0.15) is 17.3 Å². The minimum atomic E-state index is -1.14. The summed E-state index contributed by atoms with van der Waals surface area (Å²) in [6.45, 7) is 1.36. The van der Waals surface area contributed by atoms with E-state index in [0.29, 0.717) is 0 Å². The van der Waals surface area contributed by atoms with E-state index in [9.17, 15) is 14.7 Å². The number of carbonyl (C=O) groups is 2. The Kier molecular flexibility index (Phi) is 3.57. The Morgan fingerprint density at radius 2 is 1.88 bits per heavy atom. The number of hydrogen-bond acceptors (Lipinski definition) is 4. The summed E-state index contributed by atoms with van der Waals surface area (Å²) in [6, 6.07) is 2.49. The van der Waals surface area contributed by atoms with Crippen LogP contribution >= 0.6 is 0 Å². The zero-order chi connectivity index (χ0) is 13.2. The smallest absolute Gasteiger partial charge is 0.326 e. The Morgan fingerprint density at radius 3 is 2.35 bits per heavy atom. The van der Waals surface area contributed by atoms with E-state index in [0.717, 1.165) is 11.0 Å². The maximum absolute atomic E-state index is 11.8. The van der Waals surface area contributed by atoms with Gasteiger partial charge in [0.15, 0.2) is 0 Å². The lowest BCUT2D eigenvalue weighted by atomic mass is 10.1. The largest absolute Gasteiger partial charge is 0.508 e. The summed E-state index contributed by atoms with van der Waals surface area (Å²) in [5.41, 5.74) is -0.0570. The van der Waals surface area contributed by atoms with Crippen LogP contribution in [0.15, 0.2) is 18.2 Å². The van der Waals surface area contributed by atoms with E-state index in [2.05, 4.69) is 0 Å². The number of benzene rings is 1. The SMILES string of the molecule is CC(C(=O)O)N(C)C(=O)c1ccc(O)cc1O. The van der Waals surface area contributed by atoms with Crippen LogP contribution in [-0.4, -0.2) is 45.2 Å². The highest BCUT2D eigenvalue weighted by atomic mass is 16.4. The van der Waals surface area contributed by atoms with Crippen molar-refractivity contribution in [1.82, 2.24) is 4.90 Å². The van der Waals surface area contributed by atoms with Crippen LogP contribution in [0, 0.1) is 0 Å². The number of rotatable bonds is 3. The summed E-state index contributed by atoms with van der Waals surface area (Å²) >= 11 is 0. The molecule has 6 nitrogen and oxygen atoms in total. The summed E-state index contributed by atoms with van der Waals surface area (Å²) in [6.07, 6.45) is 0. The minimum Gasteiger partial charge on any atom is -0.508 e. The van der Waals surface area contributed by atoms with E-state index in [1.807, 2.05) is 0 Å². The molecular formula is C11H13NO5. The molecule has 6 heteroatoms. The lowest BCUT2D eigenvalue weighted by molar-refractivity contribution is -0.141. The van der Waals surface area contributed by atoms with Gasteiger partial charge in [-0.15, -0.1) is 0 Å². The molecule has 0 aromatic heterocycles. The number of likely N-dealkylation sites (N-methyl/N-ethyl adjacent to an activating group) is 1. The molecule has 1 atom stereocenters. The molecule has 0 spiro atoms. The third-order valence-electron chi connectivity index (χ3n) is 2.47. The third kappa shape index (κ3) is 2.66. The second-order valence-corrected chi connectivity index (χ2v) is 3.63. The van der Waals surface area contributed by atoms with Crippen LogP contribution in [0.3, 0.4) is 0 Å². The molecule has 17 heavy (non-hydrogen) atoms. The van der Waals surface area contributed by atoms with Crippen LogP contribution in [-0.2, 0) is 4.79 Å². The van der Waals surface area contributed by atoms with Crippen molar-refractivity contribution in [3.63, 3.8) is 0 Å². The molecule has 0 saturated carbocycles. The second-order valence-electron chi connectivity index (χ2n) is 3.63. The lowest BCUT2D eigenvalue weighted by Gasteiger charge is -2.21. The maximum Gasteiger partial charge on any atom is 0.326 e. The molecule has 1 aromatic rings. The molecule has 0 heterocycles. The van der Waals surface area contributed by atoms with Gasteiger partial charge in [0.05, 0.1) is 5.56 Å². The molecule has 3 N–H and O–H groups in total. The number of amides is 1. The molecule has 0 saturated heterocycles. The van der Waals surface area contributed by atoms with Crippen molar-refractivity contribution in [3.05, 3.63) is 23.8 Å². The molecule has 1 unspecified atom stereocenters. The number of carboxylic acids is 1. The fraction of sp³-hybridized carbons (Fsp3) is 0.273. The van der Waals surface area contributed by atoms with Crippen LogP contribution in [0.4, 0.5) is 0 Å². The van der Waals surface area contributed by atoms with Gasteiger partial charge in [-0.1, -0.05) is 0 Å². The first-order chi connectivity index (χ1) is 7.84. The Hall–Kier alpha value is -2.24. The number of nitrogens with zero attached hydrogens (tertiary/aromatic N) is 1. The average Bonchev–Trinajstić information content (AvgIpc) is 2.26. The van der Waals surface area contributed by atoms with Crippen molar-refractivity contribution in [3.8, 4) is 11.5 Å². The second kappa shape index (κ2) is 4.73. The number of phenolic OH excluding ortho intramolecular Hbond substituents is 2. The zero-order valence-corrected chi connectivity index (χ0v) is 9.41. The van der Waals surface area contributed by atoms with Gasteiger partial charge in [-0.05, 0) is 19.1 Å². The highest BCUT2D eigenvalue weighted by molar-refractivity contribution is 5.98. The first-order valence-corrected chi connectivity index (χ1v) is 4.86. The van der Waals surface area contributed by atoms with E-state index in [1.54, 1.807) is 0 Å². The van der Waals surface area contributed by atoms with E-state index in [4.69, 9.17) is 10.2 Å². The summed E-state index contributed by atoms with van der Waals surface area (Å²) in [5.74, 6) is -2.33. The number of hydrogen-bond donors (Lipinski definition) is 3. The van der Waals surface area contributed by atoms with Gasteiger partial charge in [0, 0.05) is 13.1 Å². The Balaban J connectivity index is 3.00. The quantitative estimate of drug-likeness (QED) is 0.719. The van der Waals surface area contributed by atoms with Crippen molar-refractivity contribution < 1.29 is 24.9 Å². The normalized spacial score (nSPS) is 11.9. The molecule has 1 rings (SSSR count). The number of aromatic hydroxyl groups is 2. The van der Waals surface area contributed by atoms with E-state index >= 15 is 0 Å². The molecule has 1 amide bonds. The molecule has 0 radical (unpaired) electrons. The number of phenols is 2. The number of carbonyl (C=O) groups excluding carboxylic acids is 1. The van der Waals surface area contributed by atoms with Gasteiger partial charge in [0.2, 0.25) is 0 Å². The summed E-state index contributed by atoms with van der Waals surface area (Å²) < 4.78 is 0. The van der Waals surface area contributed by atoms with Crippen LogP contribution < -0.4 is 0 Å². The Labute approximate surface area is 97.7 Å². The van der Waals surface area contributed by atoms with Crippen molar-refractivity contribution in [2.75, 3.05) is 7.05 Å². The Morgan fingerprint density at radius 1 is 1.29 bits per heavy atom. The summed E-state index contributed by atoms with van der Waals surface area (Å²) in [7, 11) is 1.33. The van der Waals surface area contributed by atoms with Crippen LogP contribution in [0.2, 0.25) is 0 Å². The molecular weight excluding hydrogens is 226 g/mol. The fourth-order valence-corrected chi connectivity index (χ4v) is 1.23. The summed E-state index contributed by atoms with van der Waals surface area (Å²) in [4.78, 5) is 23.6. The fourth-order valence-electron chi connectivity index (χ4n) is 1.23. The predicted octanol–water partition coefficient (Wildman–Crippen LogP) is 0.643. The molecule has 0 bridgehead atoms. The molecule has 92 valence electrons. The van der Waals surface area contributed by atoms with Gasteiger partial charge in [-0.2, -0.15) is 0 Å². The van der Waals surface area contributed by atoms with Gasteiger partial charge in [0.1, 0.15) is 17.5 Å². The van der Waals surface area contributed by atoms with Gasteiger partial charge in [-0.25, -0.2) is 4.79 Å². The maximum atomic E-state index is 11.8. The minimum absolute atomic E-state index is 0.0570. The van der Waals surface area contributed by atoms with Gasteiger partial charge >= 0.3 is 5.97 Å². The van der Waals surface area contributed by atoms with Gasteiger partial charge in [0.25, 0.3) is 5.91 Å². The topological polar surface area (TPSA) is 98.1 Å². The molecule has 1 aromatic carbocycles. The summed E-state index contributed by atoms with van der Waals surface area (Å²) in [5, 5.41) is 27.3. The van der Waals surface area contributed by atoms with Gasteiger partial charge in [-0.3, -0.25) is 4.79 Å². The molecule has 0 aliphatic heterocycles. The van der Waals surface area contributed by atoms with Crippen molar-refractivity contribution in [2.45, 2.75) is 13.0 Å². The van der Waals surface area contributed by atoms with E-state index in [1.165, 1.54) is 26.1 Å². The van der Waals surface area contributed by atoms with Crippen LogP contribution in [0.25, 0.3) is 0 Å². The van der Waals surface area contributed by atoms with Crippen molar-refractivity contribution >= 4 is 11.9 Å². The first-order valence-electron chi connectivity index (χ1n) is 4.86. The number of carboxylic acid groups (broad SMARTS) is 1. The lowest BCUT2D eigenvalue weighted by Crippen LogP contribution is -2.40. The highest BCUT2D eigenvalue weighted by Gasteiger charge is 2.24. The van der Waals surface area contributed by atoms with E-state index < -0.39 is 17.9 Å². The highest BCUT2D eigenvalue weighted by Crippen LogP contribution is 2.23. The molecule has 0 fully saturated rings. The first kappa shape index (κ1) is 12.8. The van der Waals surface area contributed by atoms with E-state index in [-0.39, 0.29) is 17.1 Å². The van der Waals surface area contributed by atoms with Gasteiger partial charge < -0.3 is 20.2 Å². The Bertz CT molecular complexity index is 457. The van der Waals surface area contributed by atoms with Crippen molar-refractivity contribution in [1.29, 1.82) is 0 Å². The van der Waals surface area contributed by atoms with Crippen LogP contribution in [0.5, 0.6) is 11.5 Å². The molecule has 0 aliphatic carbocycles. The average molecular weight is 239 g/mol. The number of aliphatic carboxylic acids is 1. The predicted molar refractivity (Wildman–Crippen MR) is 59.0 cm³/mol. The van der Waals surface area contributed by atoms with Crippen molar-refractivity contribution in [2.24, 2.45) is 0 Å². The monoisotopic (exact) mass is 239 g/mol.